The van der Waals surface area contributed by atoms with Gasteiger partial charge in [-0.3, -0.25) is 4.79 Å². The van der Waals surface area contributed by atoms with E-state index in [4.69, 9.17) is 0 Å². The third-order valence-corrected chi connectivity index (χ3v) is 3.54. The SMILES string of the molecule is COC(=O)C1SCC(C)C1N=O. The van der Waals surface area contributed by atoms with E-state index in [9.17, 15) is 9.70 Å². The molecule has 0 aromatic rings. The van der Waals surface area contributed by atoms with Crippen LogP contribution in [0, 0.1) is 10.8 Å². The molecule has 0 spiro atoms. The maximum absolute atomic E-state index is 11.1. The van der Waals surface area contributed by atoms with Gasteiger partial charge in [0, 0.05) is 0 Å². The maximum Gasteiger partial charge on any atom is 0.321 e. The van der Waals surface area contributed by atoms with E-state index < -0.39 is 6.04 Å². The molecule has 0 N–H and O–H groups in total. The van der Waals surface area contributed by atoms with Crippen molar-refractivity contribution >= 4 is 17.7 Å². The zero-order chi connectivity index (χ0) is 9.14. The Morgan fingerprint density at radius 3 is 2.83 bits per heavy atom. The number of nitrogens with zero attached hydrogens (tertiary/aromatic N) is 1. The zero-order valence-corrected chi connectivity index (χ0v) is 7.84. The first kappa shape index (κ1) is 9.51. The first-order valence-electron chi connectivity index (χ1n) is 3.72. The van der Waals surface area contributed by atoms with Crippen molar-refractivity contribution in [3.05, 3.63) is 4.91 Å². The lowest BCUT2D eigenvalue weighted by molar-refractivity contribution is -0.140. The van der Waals surface area contributed by atoms with Gasteiger partial charge in [-0.2, -0.15) is 4.91 Å². The number of carbonyl (C=O) groups is 1. The fourth-order valence-electron chi connectivity index (χ4n) is 1.23. The third-order valence-electron chi connectivity index (χ3n) is 1.99. The Morgan fingerprint density at radius 2 is 2.33 bits per heavy atom. The summed E-state index contributed by atoms with van der Waals surface area (Å²) in [6.45, 7) is 1.92. The lowest BCUT2D eigenvalue weighted by Crippen LogP contribution is -2.29. The predicted octanol–water partition coefficient (Wildman–Crippen LogP) is 1.05. The summed E-state index contributed by atoms with van der Waals surface area (Å²) in [5.74, 6) is 0.640. The summed E-state index contributed by atoms with van der Waals surface area (Å²) >= 11 is 1.45. The minimum atomic E-state index is -0.414. The van der Waals surface area contributed by atoms with Gasteiger partial charge in [0.15, 0.2) is 0 Å². The number of ether oxygens (including phenoxy) is 1. The molecule has 1 rings (SSSR count). The summed E-state index contributed by atoms with van der Waals surface area (Å²) in [4.78, 5) is 21.5. The predicted molar refractivity (Wildman–Crippen MR) is 47.0 cm³/mol. The lowest BCUT2D eigenvalue weighted by atomic mass is 10.0. The third kappa shape index (κ3) is 1.60. The second-order valence-electron chi connectivity index (χ2n) is 2.85. The minimum Gasteiger partial charge on any atom is -0.468 e. The Labute approximate surface area is 75.0 Å². The normalized spacial score (nSPS) is 34.7. The molecule has 1 saturated heterocycles. The highest BCUT2D eigenvalue weighted by atomic mass is 32.2. The van der Waals surface area contributed by atoms with Gasteiger partial charge >= 0.3 is 5.97 Å². The second kappa shape index (κ2) is 3.89. The molecule has 68 valence electrons. The number of carbonyl (C=O) groups excluding carboxylic acids is 1. The molecule has 0 aromatic heterocycles. The summed E-state index contributed by atoms with van der Waals surface area (Å²) in [7, 11) is 1.33. The van der Waals surface area contributed by atoms with Crippen LogP contribution in [0.2, 0.25) is 0 Å². The van der Waals surface area contributed by atoms with Gasteiger partial charge in [0.05, 0.1) is 7.11 Å². The van der Waals surface area contributed by atoms with E-state index in [1.54, 1.807) is 0 Å². The molecule has 3 unspecified atom stereocenters. The number of esters is 1. The van der Waals surface area contributed by atoms with Crippen molar-refractivity contribution in [3.63, 3.8) is 0 Å². The van der Waals surface area contributed by atoms with Crippen LogP contribution in [0.3, 0.4) is 0 Å². The van der Waals surface area contributed by atoms with E-state index in [0.29, 0.717) is 0 Å². The molecule has 0 saturated carbocycles. The summed E-state index contributed by atoms with van der Waals surface area (Å²) in [6.07, 6.45) is 0. The quantitative estimate of drug-likeness (QED) is 0.481. The van der Waals surface area contributed by atoms with Crippen molar-refractivity contribution in [2.45, 2.75) is 18.2 Å². The van der Waals surface area contributed by atoms with Crippen molar-refractivity contribution in [2.75, 3.05) is 12.9 Å². The number of nitroso groups, excluding NO2 is 1. The maximum atomic E-state index is 11.1. The van der Waals surface area contributed by atoms with Crippen LogP contribution >= 0.6 is 11.8 Å². The molecule has 0 aromatic carbocycles. The fourth-order valence-corrected chi connectivity index (χ4v) is 2.69. The minimum absolute atomic E-state index is 0.177. The monoisotopic (exact) mass is 189 g/mol. The van der Waals surface area contributed by atoms with Gasteiger partial charge in [0.2, 0.25) is 0 Å². The molecule has 1 fully saturated rings. The molecular formula is C7H11NO3S. The van der Waals surface area contributed by atoms with Gasteiger partial charge in [-0.25, -0.2) is 0 Å². The van der Waals surface area contributed by atoms with E-state index in [0.717, 1.165) is 5.75 Å². The number of thioether (sulfide) groups is 1. The Hall–Kier alpha value is -0.580. The van der Waals surface area contributed by atoms with Crippen LogP contribution in [0.15, 0.2) is 5.18 Å². The second-order valence-corrected chi connectivity index (χ2v) is 4.02. The Morgan fingerprint density at radius 1 is 1.67 bits per heavy atom. The highest BCUT2D eigenvalue weighted by Gasteiger charge is 2.40. The van der Waals surface area contributed by atoms with E-state index in [1.165, 1.54) is 18.9 Å². The Balaban J connectivity index is 2.66. The molecule has 0 bridgehead atoms. The van der Waals surface area contributed by atoms with Crippen LogP contribution in [-0.2, 0) is 9.53 Å². The van der Waals surface area contributed by atoms with Crippen LogP contribution in [0.25, 0.3) is 0 Å². The number of hydrogen-bond donors (Lipinski definition) is 0. The molecule has 3 atom stereocenters. The highest BCUT2D eigenvalue weighted by molar-refractivity contribution is 8.00. The van der Waals surface area contributed by atoms with Crippen molar-refractivity contribution in [1.29, 1.82) is 0 Å². The molecule has 0 aliphatic carbocycles. The van der Waals surface area contributed by atoms with Gasteiger partial charge < -0.3 is 4.74 Å². The summed E-state index contributed by atoms with van der Waals surface area (Å²) < 4.78 is 4.56. The van der Waals surface area contributed by atoms with Gasteiger partial charge in [0.1, 0.15) is 11.3 Å². The van der Waals surface area contributed by atoms with E-state index in [1.807, 2.05) is 6.92 Å². The van der Waals surface area contributed by atoms with Crippen LogP contribution in [-0.4, -0.2) is 30.1 Å². The zero-order valence-electron chi connectivity index (χ0n) is 7.02. The lowest BCUT2D eigenvalue weighted by Gasteiger charge is -2.11. The summed E-state index contributed by atoms with van der Waals surface area (Å²) in [6, 6.07) is -0.414. The van der Waals surface area contributed by atoms with Crippen LogP contribution in [0.1, 0.15) is 6.92 Å². The van der Waals surface area contributed by atoms with Gasteiger partial charge in [-0.05, 0) is 11.7 Å². The van der Waals surface area contributed by atoms with E-state index in [2.05, 4.69) is 9.91 Å². The van der Waals surface area contributed by atoms with E-state index in [-0.39, 0.29) is 17.1 Å². The van der Waals surface area contributed by atoms with Crippen molar-refractivity contribution < 1.29 is 9.53 Å². The summed E-state index contributed by atoms with van der Waals surface area (Å²) in [5.41, 5.74) is 0. The van der Waals surface area contributed by atoms with Crippen molar-refractivity contribution in [1.82, 2.24) is 0 Å². The number of methoxy groups -OCH3 is 1. The van der Waals surface area contributed by atoms with Gasteiger partial charge in [-0.1, -0.05) is 12.1 Å². The van der Waals surface area contributed by atoms with E-state index >= 15 is 0 Å². The van der Waals surface area contributed by atoms with Crippen LogP contribution in [0.5, 0.6) is 0 Å². The molecule has 0 radical (unpaired) electrons. The van der Waals surface area contributed by atoms with Crippen molar-refractivity contribution in [3.8, 4) is 0 Å². The Kier molecular flexibility index (Phi) is 3.08. The molecule has 12 heavy (non-hydrogen) atoms. The van der Waals surface area contributed by atoms with Gasteiger partial charge in [-0.15, -0.1) is 11.8 Å². The molecular weight excluding hydrogens is 178 g/mol. The first-order chi connectivity index (χ1) is 5.70. The molecule has 1 aliphatic rings. The average molecular weight is 189 g/mol. The fraction of sp³-hybridized carbons (Fsp3) is 0.857. The summed E-state index contributed by atoms with van der Waals surface area (Å²) in [5, 5.41) is 2.56. The van der Waals surface area contributed by atoms with Crippen LogP contribution < -0.4 is 0 Å². The molecule has 5 heteroatoms. The van der Waals surface area contributed by atoms with Crippen LogP contribution in [0.4, 0.5) is 0 Å². The first-order valence-corrected chi connectivity index (χ1v) is 4.77. The number of hydrogen-bond acceptors (Lipinski definition) is 5. The highest BCUT2D eigenvalue weighted by Crippen LogP contribution is 2.34. The Bertz CT molecular complexity index is 197. The number of rotatable bonds is 2. The molecule has 1 heterocycles. The topological polar surface area (TPSA) is 55.7 Å². The smallest absolute Gasteiger partial charge is 0.321 e. The molecule has 0 amide bonds. The average Bonchev–Trinajstić information content (AvgIpc) is 2.45. The van der Waals surface area contributed by atoms with Crippen molar-refractivity contribution in [2.24, 2.45) is 11.1 Å². The van der Waals surface area contributed by atoms with Gasteiger partial charge in [0.25, 0.3) is 0 Å². The largest absolute Gasteiger partial charge is 0.468 e. The molecule has 4 nitrogen and oxygen atoms in total. The molecule has 1 aliphatic heterocycles. The standard InChI is InChI=1S/C7H11NO3S/c1-4-3-12-6(5(4)8-10)7(9)11-2/h4-6H,3H2,1-2H3.